The molecule has 0 saturated heterocycles. The molecule has 3 aromatic rings. The van der Waals surface area contributed by atoms with E-state index < -0.39 is 22.9 Å². The lowest BCUT2D eigenvalue weighted by Gasteiger charge is -2.20. The Labute approximate surface area is 239 Å². The van der Waals surface area contributed by atoms with Crippen LogP contribution < -0.4 is 14.2 Å². The summed E-state index contributed by atoms with van der Waals surface area (Å²) in [6.45, 7) is 20.3. The van der Waals surface area contributed by atoms with E-state index in [1.165, 1.54) is 16.7 Å². The van der Waals surface area contributed by atoms with Gasteiger partial charge >= 0.3 is 0 Å². The molecule has 0 heterocycles. The molecule has 40 heavy (non-hydrogen) atoms. The molecule has 0 bridgehead atoms. The maximum Gasteiger partial charge on any atom is 0.161 e. The van der Waals surface area contributed by atoms with Crippen LogP contribution in [0.2, 0.25) is 0 Å². The van der Waals surface area contributed by atoms with Crippen LogP contribution in [0.3, 0.4) is 0 Å². The molecule has 3 rings (SSSR count). The Balaban J connectivity index is 0.000000300. The van der Waals surface area contributed by atoms with Crippen LogP contribution in [0.5, 0.6) is 17.2 Å². The average Bonchev–Trinajstić information content (AvgIpc) is 2.81. The molecule has 0 N–H and O–H groups in total. The number of hydrogen-bond acceptors (Lipinski definition) is 3. The molecule has 0 aliphatic rings. The molecule has 0 aromatic heterocycles. The van der Waals surface area contributed by atoms with E-state index in [9.17, 15) is 13.2 Å². The predicted molar refractivity (Wildman–Crippen MR) is 160 cm³/mol. The molecule has 0 spiro atoms. The molecule has 6 heteroatoms. The number of rotatable bonds is 3. The number of methoxy groups -OCH3 is 3. The first-order valence-electron chi connectivity index (χ1n) is 13.3. The summed E-state index contributed by atoms with van der Waals surface area (Å²) in [5.41, 5.74) is 3.43. The van der Waals surface area contributed by atoms with Crippen molar-refractivity contribution in [2.75, 3.05) is 21.3 Å². The summed E-state index contributed by atoms with van der Waals surface area (Å²) in [6.07, 6.45) is 0. The Morgan fingerprint density at radius 2 is 0.900 bits per heavy atom. The largest absolute Gasteiger partial charge is 0.496 e. The van der Waals surface area contributed by atoms with Gasteiger partial charge in [-0.3, -0.25) is 0 Å². The summed E-state index contributed by atoms with van der Waals surface area (Å²) in [5, 5.41) is 0. The highest BCUT2D eigenvalue weighted by Gasteiger charge is 2.23. The van der Waals surface area contributed by atoms with E-state index in [4.69, 9.17) is 14.2 Å². The first kappa shape index (κ1) is 34.9. The Kier molecular flexibility index (Phi) is 12.2. The van der Waals surface area contributed by atoms with E-state index in [1.54, 1.807) is 42.1 Å². The molecule has 0 saturated carbocycles. The minimum atomic E-state index is -0.886. The van der Waals surface area contributed by atoms with Crippen LogP contribution >= 0.6 is 0 Å². The van der Waals surface area contributed by atoms with Gasteiger partial charge in [0.2, 0.25) is 0 Å². The third-order valence-electron chi connectivity index (χ3n) is 6.27. The monoisotopic (exact) mass is 560 g/mol. The van der Waals surface area contributed by atoms with Crippen LogP contribution in [-0.4, -0.2) is 21.3 Å². The first-order valence-corrected chi connectivity index (χ1v) is 13.3. The van der Waals surface area contributed by atoms with E-state index in [1.807, 2.05) is 18.2 Å². The highest BCUT2D eigenvalue weighted by molar-refractivity contribution is 5.44. The average molecular weight is 561 g/mol. The maximum absolute atomic E-state index is 13.1. The number of halogens is 3. The van der Waals surface area contributed by atoms with Crippen molar-refractivity contribution < 1.29 is 27.4 Å². The fourth-order valence-electron chi connectivity index (χ4n) is 3.91. The van der Waals surface area contributed by atoms with Gasteiger partial charge in [-0.05, 0) is 58.1 Å². The van der Waals surface area contributed by atoms with E-state index in [0.717, 1.165) is 17.2 Å². The second kappa shape index (κ2) is 14.0. The minimum absolute atomic E-state index is 0.0751. The van der Waals surface area contributed by atoms with Gasteiger partial charge < -0.3 is 14.2 Å². The van der Waals surface area contributed by atoms with Gasteiger partial charge in [-0.25, -0.2) is 13.2 Å². The summed E-state index contributed by atoms with van der Waals surface area (Å²) in [4.78, 5) is 0. The molecule has 3 nitrogen and oxygen atoms in total. The van der Waals surface area contributed by atoms with Crippen molar-refractivity contribution in [3.05, 3.63) is 88.2 Å². The molecular weight excluding hydrogens is 513 g/mol. The predicted octanol–water partition coefficient (Wildman–Crippen LogP) is 9.70. The summed E-state index contributed by atoms with van der Waals surface area (Å²) in [7, 11) is 5.01. The van der Waals surface area contributed by atoms with Gasteiger partial charge in [0.15, 0.2) is 11.5 Å². The van der Waals surface area contributed by atoms with Crippen LogP contribution in [0.15, 0.2) is 48.5 Å². The summed E-state index contributed by atoms with van der Waals surface area (Å²) < 4.78 is 54.4. The zero-order valence-corrected chi connectivity index (χ0v) is 26.5. The van der Waals surface area contributed by atoms with E-state index in [-0.39, 0.29) is 16.4 Å². The lowest BCUT2D eigenvalue weighted by Crippen LogP contribution is -2.16. The molecule has 0 unspecified atom stereocenters. The van der Waals surface area contributed by atoms with Crippen LogP contribution in [0.4, 0.5) is 13.2 Å². The molecule has 3 aromatic carbocycles. The minimum Gasteiger partial charge on any atom is -0.496 e. The Hall–Kier alpha value is -3.15. The normalized spacial score (nSPS) is 11.5. The van der Waals surface area contributed by atoms with Crippen LogP contribution in [0.25, 0.3) is 0 Å². The smallest absolute Gasteiger partial charge is 0.161 e. The molecule has 0 radical (unpaired) electrons. The van der Waals surface area contributed by atoms with Crippen LogP contribution in [0, 0.1) is 24.4 Å². The van der Waals surface area contributed by atoms with E-state index >= 15 is 0 Å². The SMILES string of the molecule is CC(C)(C)c1c(F)cc(F)cc1F.COc1ccc(C(C)(C)C)cc1C.COc1ccc(C(C)(C)C)cc1OC. The first-order chi connectivity index (χ1) is 18.3. The summed E-state index contributed by atoms with van der Waals surface area (Å²) in [6, 6.07) is 13.8. The van der Waals surface area contributed by atoms with Crippen molar-refractivity contribution in [3.63, 3.8) is 0 Å². The zero-order valence-electron chi connectivity index (χ0n) is 26.5. The fourth-order valence-corrected chi connectivity index (χ4v) is 3.91. The lowest BCUT2D eigenvalue weighted by atomic mass is 9.86. The molecule has 0 amide bonds. The molecular formula is C34H47F3O3. The van der Waals surface area contributed by atoms with Crippen molar-refractivity contribution in [1.29, 1.82) is 0 Å². The summed E-state index contributed by atoms with van der Waals surface area (Å²) >= 11 is 0. The third-order valence-corrected chi connectivity index (χ3v) is 6.27. The molecule has 0 aliphatic heterocycles. The van der Waals surface area contributed by atoms with Gasteiger partial charge in [0.05, 0.1) is 21.3 Å². The third kappa shape index (κ3) is 10.1. The van der Waals surface area contributed by atoms with Gasteiger partial charge in [-0.15, -0.1) is 0 Å². The molecule has 0 aliphatic carbocycles. The van der Waals surface area contributed by atoms with Gasteiger partial charge in [0.25, 0.3) is 0 Å². The van der Waals surface area contributed by atoms with Gasteiger partial charge in [0, 0.05) is 17.7 Å². The Morgan fingerprint density at radius 3 is 1.25 bits per heavy atom. The van der Waals surface area contributed by atoms with Crippen molar-refractivity contribution in [2.45, 2.75) is 85.5 Å². The second-order valence-corrected chi connectivity index (χ2v) is 12.7. The van der Waals surface area contributed by atoms with Gasteiger partial charge in [-0.2, -0.15) is 0 Å². The number of benzene rings is 3. The second-order valence-electron chi connectivity index (χ2n) is 12.7. The highest BCUT2D eigenvalue weighted by Crippen LogP contribution is 2.33. The van der Waals surface area contributed by atoms with E-state index in [2.05, 4.69) is 66.7 Å². The molecule has 0 fully saturated rings. The Bertz CT molecular complexity index is 1220. The quantitative estimate of drug-likeness (QED) is 0.319. The van der Waals surface area contributed by atoms with Crippen LogP contribution in [0.1, 0.15) is 84.6 Å². The summed E-state index contributed by atoms with van der Waals surface area (Å²) in [5.74, 6) is -0.00794. The highest BCUT2D eigenvalue weighted by atomic mass is 19.1. The lowest BCUT2D eigenvalue weighted by molar-refractivity contribution is 0.353. The van der Waals surface area contributed by atoms with Crippen LogP contribution in [-0.2, 0) is 16.2 Å². The molecule has 0 atom stereocenters. The van der Waals surface area contributed by atoms with Crippen molar-refractivity contribution in [3.8, 4) is 17.2 Å². The van der Waals surface area contributed by atoms with Crippen molar-refractivity contribution >= 4 is 0 Å². The number of aryl methyl sites for hydroxylation is 1. The van der Waals surface area contributed by atoms with Crippen molar-refractivity contribution in [1.82, 2.24) is 0 Å². The number of ether oxygens (including phenoxy) is 3. The van der Waals surface area contributed by atoms with Gasteiger partial charge in [0.1, 0.15) is 23.2 Å². The van der Waals surface area contributed by atoms with Gasteiger partial charge in [-0.1, -0.05) is 80.5 Å². The zero-order chi connectivity index (χ0) is 31.1. The fraction of sp³-hybridized carbons (Fsp3) is 0.471. The molecule has 222 valence electrons. The van der Waals surface area contributed by atoms with E-state index in [0.29, 0.717) is 12.1 Å². The maximum atomic E-state index is 13.1. The Morgan fingerprint density at radius 1 is 0.500 bits per heavy atom. The standard InChI is InChI=1S/C12H18O2.C12H18O.C10H11F3/c1-12(2,3)9-6-7-10(13-4)11(8-9)14-5;1-9-8-10(12(2,3)4)6-7-11(9)13-5;1-10(2,3)9-7(12)4-6(11)5-8(9)13/h6-8H,1-5H3;6-8H,1-5H3;4-5H,1-3H3. The number of hydrogen-bond donors (Lipinski definition) is 0. The topological polar surface area (TPSA) is 27.7 Å². The van der Waals surface area contributed by atoms with Crippen molar-refractivity contribution in [2.24, 2.45) is 0 Å².